The first-order valence-electron chi connectivity index (χ1n) is 4.95. The third kappa shape index (κ3) is 1.79. The Hall–Kier alpha value is -0.450. The van der Waals surface area contributed by atoms with Crippen LogP contribution in [0.4, 0.5) is 5.95 Å². The Labute approximate surface area is 111 Å². The average molecular weight is 321 g/mol. The van der Waals surface area contributed by atoms with Gasteiger partial charge < -0.3 is 10.3 Å². The summed E-state index contributed by atoms with van der Waals surface area (Å²) in [6.45, 7) is 0. The zero-order valence-corrected chi connectivity index (χ0v) is 11.2. The van der Waals surface area contributed by atoms with Gasteiger partial charge >= 0.3 is 0 Å². The molecule has 0 radical (unpaired) electrons. The van der Waals surface area contributed by atoms with Crippen molar-refractivity contribution in [3.05, 3.63) is 20.6 Å². The molecule has 0 amide bonds. The van der Waals surface area contributed by atoms with Crippen molar-refractivity contribution in [2.24, 2.45) is 0 Å². The van der Waals surface area contributed by atoms with E-state index in [4.69, 9.17) is 23.2 Å². The monoisotopic (exact) mass is 319 g/mol. The molecule has 0 aliphatic heterocycles. The zero-order chi connectivity index (χ0) is 11.3. The van der Waals surface area contributed by atoms with E-state index >= 15 is 0 Å². The quantitative estimate of drug-likeness (QED) is 0.814. The Morgan fingerprint density at radius 2 is 2.19 bits per heavy atom. The molecule has 0 spiro atoms. The molecule has 0 saturated heterocycles. The standard InChI is InChI=1S/C10H8BrCl2N3/c11-7-8(13)5(12)3-6-9(7)16-10(15-6)14-4-1-2-4/h3-4H,1-2H2,(H2,14,15,16). The molecular formula is C10H8BrCl2N3. The van der Waals surface area contributed by atoms with Crippen LogP contribution in [0, 0.1) is 0 Å². The van der Waals surface area contributed by atoms with Gasteiger partial charge in [-0.1, -0.05) is 23.2 Å². The summed E-state index contributed by atoms with van der Waals surface area (Å²) in [6, 6.07) is 2.35. The highest BCUT2D eigenvalue weighted by molar-refractivity contribution is 9.10. The van der Waals surface area contributed by atoms with Crippen molar-refractivity contribution in [2.45, 2.75) is 18.9 Å². The normalized spacial score (nSPS) is 15.7. The van der Waals surface area contributed by atoms with Crippen LogP contribution in [-0.2, 0) is 0 Å². The van der Waals surface area contributed by atoms with E-state index in [1.54, 1.807) is 6.07 Å². The van der Waals surface area contributed by atoms with Gasteiger partial charge in [-0.25, -0.2) is 4.98 Å². The van der Waals surface area contributed by atoms with E-state index in [0.717, 1.165) is 21.5 Å². The summed E-state index contributed by atoms with van der Waals surface area (Å²) >= 11 is 15.4. The van der Waals surface area contributed by atoms with Crippen LogP contribution >= 0.6 is 39.1 Å². The minimum atomic E-state index is 0.499. The summed E-state index contributed by atoms with van der Waals surface area (Å²) in [4.78, 5) is 7.62. The van der Waals surface area contributed by atoms with Crippen LogP contribution in [0.3, 0.4) is 0 Å². The fourth-order valence-corrected chi connectivity index (χ4v) is 2.52. The maximum atomic E-state index is 6.03. The third-order valence-electron chi connectivity index (χ3n) is 2.53. The summed E-state index contributed by atoms with van der Waals surface area (Å²) in [5.41, 5.74) is 1.68. The summed E-state index contributed by atoms with van der Waals surface area (Å²) in [5.74, 6) is 0.775. The van der Waals surface area contributed by atoms with Crippen LogP contribution in [0.1, 0.15) is 12.8 Å². The van der Waals surface area contributed by atoms with Crippen LogP contribution in [-0.4, -0.2) is 16.0 Å². The average Bonchev–Trinajstić information content (AvgIpc) is 2.96. The van der Waals surface area contributed by atoms with Gasteiger partial charge in [0.25, 0.3) is 0 Å². The number of rotatable bonds is 2. The van der Waals surface area contributed by atoms with Crippen molar-refractivity contribution in [2.75, 3.05) is 5.32 Å². The van der Waals surface area contributed by atoms with E-state index in [0.29, 0.717) is 16.1 Å². The number of hydrogen-bond donors (Lipinski definition) is 2. The number of halogens is 3. The lowest BCUT2D eigenvalue weighted by atomic mass is 10.3. The lowest BCUT2D eigenvalue weighted by Crippen LogP contribution is -2.01. The highest BCUT2D eigenvalue weighted by Gasteiger charge is 2.22. The van der Waals surface area contributed by atoms with Crippen LogP contribution in [0.2, 0.25) is 10.0 Å². The van der Waals surface area contributed by atoms with Crippen LogP contribution in [0.25, 0.3) is 11.0 Å². The zero-order valence-electron chi connectivity index (χ0n) is 8.15. The van der Waals surface area contributed by atoms with E-state index < -0.39 is 0 Å². The van der Waals surface area contributed by atoms with Crippen LogP contribution in [0.5, 0.6) is 0 Å². The Morgan fingerprint density at radius 1 is 1.44 bits per heavy atom. The van der Waals surface area contributed by atoms with Gasteiger partial charge in [-0.3, -0.25) is 0 Å². The molecular weight excluding hydrogens is 313 g/mol. The lowest BCUT2D eigenvalue weighted by Gasteiger charge is -1.98. The lowest BCUT2D eigenvalue weighted by molar-refractivity contribution is 1.10. The molecule has 2 aromatic rings. The van der Waals surface area contributed by atoms with E-state index in [1.807, 2.05) is 0 Å². The van der Waals surface area contributed by atoms with Gasteiger partial charge in [-0.2, -0.15) is 0 Å². The molecule has 84 valence electrons. The number of aromatic amines is 1. The smallest absolute Gasteiger partial charge is 0.201 e. The summed E-state index contributed by atoms with van der Waals surface area (Å²) in [6.07, 6.45) is 2.42. The highest BCUT2D eigenvalue weighted by atomic mass is 79.9. The first-order chi connectivity index (χ1) is 7.65. The van der Waals surface area contributed by atoms with Crippen molar-refractivity contribution in [1.82, 2.24) is 9.97 Å². The molecule has 1 fully saturated rings. The van der Waals surface area contributed by atoms with Crippen molar-refractivity contribution in [1.29, 1.82) is 0 Å². The Kier molecular flexibility index (Phi) is 2.53. The predicted octanol–water partition coefficient (Wildman–Crippen LogP) is 4.21. The predicted molar refractivity (Wildman–Crippen MR) is 70.5 cm³/mol. The minimum absolute atomic E-state index is 0.499. The number of hydrogen-bond acceptors (Lipinski definition) is 2. The van der Waals surface area contributed by atoms with Gasteiger partial charge in [0.2, 0.25) is 5.95 Å². The van der Waals surface area contributed by atoms with Crippen LogP contribution < -0.4 is 5.32 Å². The Balaban J connectivity index is 2.12. The van der Waals surface area contributed by atoms with E-state index in [9.17, 15) is 0 Å². The number of aromatic nitrogens is 2. The Bertz CT molecular complexity index is 563. The van der Waals surface area contributed by atoms with Crippen LogP contribution in [0.15, 0.2) is 10.5 Å². The number of nitrogens with one attached hydrogen (secondary N) is 2. The second kappa shape index (κ2) is 3.79. The molecule has 0 unspecified atom stereocenters. The second-order valence-electron chi connectivity index (χ2n) is 3.89. The molecule has 1 heterocycles. The molecule has 1 aliphatic rings. The van der Waals surface area contributed by atoms with Gasteiger partial charge in [0.15, 0.2) is 0 Å². The van der Waals surface area contributed by atoms with E-state index in [2.05, 4.69) is 31.2 Å². The topological polar surface area (TPSA) is 40.7 Å². The number of nitrogens with zero attached hydrogens (tertiary/aromatic N) is 1. The van der Waals surface area contributed by atoms with Crippen molar-refractivity contribution >= 4 is 56.1 Å². The Morgan fingerprint density at radius 3 is 2.88 bits per heavy atom. The van der Waals surface area contributed by atoms with Gasteiger partial charge in [0.05, 0.1) is 20.0 Å². The molecule has 3 nitrogen and oxygen atoms in total. The SMILES string of the molecule is Clc1cc2[nH]c(NC3CC3)nc2c(Br)c1Cl. The number of benzene rings is 1. The number of anilines is 1. The molecule has 0 atom stereocenters. The molecule has 3 rings (SSSR count). The van der Waals surface area contributed by atoms with Crippen molar-refractivity contribution < 1.29 is 0 Å². The van der Waals surface area contributed by atoms with Gasteiger partial charge in [-0.15, -0.1) is 0 Å². The van der Waals surface area contributed by atoms with Crippen molar-refractivity contribution in [3.8, 4) is 0 Å². The number of imidazole rings is 1. The van der Waals surface area contributed by atoms with E-state index in [-0.39, 0.29) is 0 Å². The van der Waals surface area contributed by atoms with Gasteiger partial charge in [-0.05, 0) is 34.8 Å². The maximum absolute atomic E-state index is 6.03. The third-order valence-corrected chi connectivity index (χ3v) is 4.32. The minimum Gasteiger partial charge on any atom is -0.353 e. The first kappa shape index (κ1) is 10.7. The number of H-pyrrole nitrogens is 1. The molecule has 0 bridgehead atoms. The molecule has 1 aromatic carbocycles. The summed E-state index contributed by atoms with van der Waals surface area (Å²) in [5, 5.41) is 4.31. The number of fused-ring (bicyclic) bond motifs is 1. The van der Waals surface area contributed by atoms with Gasteiger partial charge in [0.1, 0.15) is 5.52 Å². The summed E-state index contributed by atoms with van der Waals surface area (Å²) in [7, 11) is 0. The largest absolute Gasteiger partial charge is 0.353 e. The maximum Gasteiger partial charge on any atom is 0.201 e. The van der Waals surface area contributed by atoms with E-state index in [1.165, 1.54) is 12.8 Å². The molecule has 1 saturated carbocycles. The molecule has 6 heteroatoms. The second-order valence-corrected chi connectivity index (χ2v) is 5.46. The first-order valence-corrected chi connectivity index (χ1v) is 6.50. The molecule has 1 aromatic heterocycles. The molecule has 1 aliphatic carbocycles. The van der Waals surface area contributed by atoms with Gasteiger partial charge in [0, 0.05) is 6.04 Å². The molecule has 16 heavy (non-hydrogen) atoms. The summed E-state index contributed by atoms with van der Waals surface area (Å²) < 4.78 is 0.733. The fourth-order valence-electron chi connectivity index (χ4n) is 1.55. The van der Waals surface area contributed by atoms with Crippen molar-refractivity contribution in [3.63, 3.8) is 0 Å². The molecule has 2 N–H and O–H groups in total. The fraction of sp³-hybridized carbons (Fsp3) is 0.300. The highest BCUT2D eigenvalue weighted by Crippen LogP contribution is 2.36.